The predicted molar refractivity (Wildman–Crippen MR) is 67.4 cm³/mol. The maximum atomic E-state index is 11.7. The van der Waals surface area contributed by atoms with E-state index in [1.54, 1.807) is 0 Å². The average molecular weight is 286 g/mol. The third-order valence-corrected chi connectivity index (χ3v) is 2.87. The first-order chi connectivity index (χ1) is 9.40. The summed E-state index contributed by atoms with van der Waals surface area (Å²) in [6.07, 6.45) is -0.203. The van der Waals surface area contributed by atoms with E-state index in [0.29, 0.717) is 0 Å². The first-order valence-corrected chi connectivity index (χ1v) is 6.18. The maximum Gasteiger partial charge on any atom is 0.320 e. The van der Waals surface area contributed by atoms with Gasteiger partial charge in [0.15, 0.2) is 5.78 Å². The second kappa shape index (κ2) is 7.56. The van der Waals surface area contributed by atoms with Crippen LogP contribution in [0.5, 0.6) is 0 Å². The van der Waals surface area contributed by atoms with Gasteiger partial charge in [0.1, 0.15) is 6.04 Å². The molecule has 1 fully saturated rings. The summed E-state index contributed by atoms with van der Waals surface area (Å²) in [6, 6.07) is -2.02. The quantitative estimate of drug-likeness (QED) is 0.352. The van der Waals surface area contributed by atoms with Crippen LogP contribution in [0.25, 0.3) is 0 Å². The summed E-state index contributed by atoms with van der Waals surface area (Å²) < 4.78 is 0. The monoisotopic (exact) mass is 286 g/mol. The van der Waals surface area contributed by atoms with Crippen molar-refractivity contribution in [2.24, 2.45) is 5.73 Å². The first-order valence-electron chi connectivity index (χ1n) is 6.18. The van der Waals surface area contributed by atoms with E-state index in [4.69, 9.17) is 10.8 Å². The molecule has 0 spiro atoms. The van der Waals surface area contributed by atoms with Crippen molar-refractivity contribution in [3.05, 3.63) is 0 Å². The van der Waals surface area contributed by atoms with Crippen molar-refractivity contribution in [1.82, 2.24) is 16.0 Å². The Labute approximate surface area is 115 Å². The normalized spacial score (nSPS) is 26.6. The topological polar surface area (TPSA) is 151 Å². The number of carbonyl (C=O) groups excluding carboxylic acids is 3. The summed E-state index contributed by atoms with van der Waals surface area (Å²) in [5.41, 5.74) is 5.55. The molecule has 9 heteroatoms. The minimum Gasteiger partial charge on any atom is -0.480 e. The van der Waals surface area contributed by atoms with Crippen molar-refractivity contribution in [3.63, 3.8) is 0 Å². The van der Waals surface area contributed by atoms with E-state index in [-0.39, 0.29) is 38.4 Å². The van der Waals surface area contributed by atoms with Crippen LogP contribution in [-0.4, -0.2) is 54.0 Å². The molecule has 1 rings (SSSR count). The van der Waals surface area contributed by atoms with Gasteiger partial charge in [-0.2, -0.15) is 0 Å². The molecule has 6 N–H and O–H groups in total. The highest BCUT2D eigenvalue weighted by Crippen LogP contribution is 1.99. The van der Waals surface area contributed by atoms with Gasteiger partial charge in [-0.3, -0.25) is 24.5 Å². The number of hydrogen-bond donors (Lipinski definition) is 5. The highest BCUT2D eigenvalue weighted by Gasteiger charge is 2.23. The Bertz CT molecular complexity index is 412. The Morgan fingerprint density at radius 3 is 2.50 bits per heavy atom. The lowest BCUT2D eigenvalue weighted by Crippen LogP contribution is -2.45. The van der Waals surface area contributed by atoms with Crippen LogP contribution in [0.15, 0.2) is 0 Å². The number of carboxylic acid groups (broad SMARTS) is 1. The fourth-order valence-corrected chi connectivity index (χ4v) is 1.66. The number of amides is 2. The minimum atomic E-state index is -1.15. The van der Waals surface area contributed by atoms with Gasteiger partial charge < -0.3 is 21.5 Å². The molecule has 0 aliphatic carbocycles. The molecular formula is C11H18N4O5. The van der Waals surface area contributed by atoms with Crippen LogP contribution in [0.3, 0.4) is 0 Å². The number of hydrogen-bond acceptors (Lipinski definition) is 6. The maximum absolute atomic E-state index is 11.7. The summed E-state index contributed by atoms with van der Waals surface area (Å²) >= 11 is 0. The van der Waals surface area contributed by atoms with Crippen LogP contribution in [0.2, 0.25) is 0 Å². The van der Waals surface area contributed by atoms with Gasteiger partial charge in [-0.15, -0.1) is 0 Å². The Hall–Kier alpha value is -2.00. The Kier molecular flexibility index (Phi) is 6.07. The van der Waals surface area contributed by atoms with Gasteiger partial charge in [-0.05, 0) is 6.42 Å². The second-order valence-electron chi connectivity index (χ2n) is 4.46. The summed E-state index contributed by atoms with van der Waals surface area (Å²) in [4.78, 5) is 45.5. The van der Waals surface area contributed by atoms with Crippen molar-refractivity contribution < 1.29 is 24.3 Å². The molecule has 0 aromatic rings. The van der Waals surface area contributed by atoms with Crippen molar-refractivity contribution in [1.29, 1.82) is 0 Å². The van der Waals surface area contributed by atoms with Crippen LogP contribution in [0, 0.1) is 0 Å². The molecular weight excluding hydrogens is 268 g/mol. The number of ketones is 1. The molecule has 0 saturated carbocycles. The van der Waals surface area contributed by atoms with E-state index in [1.807, 2.05) is 0 Å². The predicted octanol–water partition coefficient (Wildman–Crippen LogP) is -2.70. The molecule has 2 atom stereocenters. The SMILES string of the molecule is NC1CC(=O)NCNC(=O)CCC(C(=O)O)NCC1=O. The van der Waals surface area contributed by atoms with E-state index in [9.17, 15) is 19.2 Å². The molecule has 1 aliphatic heterocycles. The van der Waals surface area contributed by atoms with Crippen molar-refractivity contribution in [2.45, 2.75) is 31.3 Å². The van der Waals surface area contributed by atoms with Gasteiger partial charge in [0.05, 0.1) is 19.3 Å². The molecule has 0 radical (unpaired) electrons. The van der Waals surface area contributed by atoms with Crippen molar-refractivity contribution in [2.75, 3.05) is 13.2 Å². The lowest BCUT2D eigenvalue weighted by atomic mass is 10.1. The smallest absolute Gasteiger partial charge is 0.320 e. The molecule has 2 amide bonds. The van der Waals surface area contributed by atoms with Gasteiger partial charge in [0, 0.05) is 12.8 Å². The zero-order valence-electron chi connectivity index (χ0n) is 10.8. The number of nitrogens with two attached hydrogens (primary N) is 1. The van der Waals surface area contributed by atoms with E-state index in [1.165, 1.54) is 0 Å². The van der Waals surface area contributed by atoms with E-state index in [2.05, 4.69) is 16.0 Å². The molecule has 1 aliphatic rings. The van der Waals surface area contributed by atoms with Crippen LogP contribution < -0.4 is 21.7 Å². The Morgan fingerprint density at radius 1 is 1.20 bits per heavy atom. The molecule has 1 saturated heterocycles. The van der Waals surface area contributed by atoms with Gasteiger partial charge in [-0.25, -0.2) is 0 Å². The van der Waals surface area contributed by atoms with Gasteiger partial charge in [0.2, 0.25) is 11.8 Å². The third-order valence-electron chi connectivity index (χ3n) is 2.87. The first kappa shape index (κ1) is 16.1. The highest BCUT2D eigenvalue weighted by atomic mass is 16.4. The van der Waals surface area contributed by atoms with Gasteiger partial charge in [0.25, 0.3) is 0 Å². The molecule has 2 unspecified atom stereocenters. The fraction of sp³-hybridized carbons (Fsp3) is 0.636. The zero-order chi connectivity index (χ0) is 15.1. The molecule has 0 bridgehead atoms. The molecule has 20 heavy (non-hydrogen) atoms. The van der Waals surface area contributed by atoms with Crippen LogP contribution in [0.4, 0.5) is 0 Å². The van der Waals surface area contributed by atoms with E-state index in [0.717, 1.165) is 0 Å². The fourth-order valence-electron chi connectivity index (χ4n) is 1.66. The lowest BCUT2D eigenvalue weighted by Gasteiger charge is -2.14. The van der Waals surface area contributed by atoms with Gasteiger partial charge >= 0.3 is 5.97 Å². The molecule has 0 aromatic carbocycles. The van der Waals surface area contributed by atoms with E-state index >= 15 is 0 Å². The van der Waals surface area contributed by atoms with Crippen LogP contribution >= 0.6 is 0 Å². The number of nitrogens with one attached hydrogen (secondary N) is 3. The minimum absolute atomic E-state index is 0.0277. The number of Topliss-reactive ketones (excluding diaryl/α,β-unsaturated/α-hetero) is 1. The summed E-state index contributed by atoms with van der Waals surface area (Å²) in [5.74, 6) is -2.44. The third kappa shape index (κ3) is 5.33. The van der Waals surface area contributed by atoms with Gasteiger partial charge in [-0.1, -0.05) is 0 Å². The highest BCUT2D eigenvalue weighted by molar-refractivity contribution is 5.91. The van der Waals surface area contributed by atoms with Crippen LogP contribution in [0.1, 0.15) is 19.3 Å². The molecule has 0 aromatic heterocycles. The van der Waals surface area contributed by atoms with Crippen LogP contribution in [-0.2, 0) is 19.2 Å². The van der Waals surface area contributed by atoms with Crippen molar-refractivity contribution >= 4 is 23.6 Å². The summed E-state index contributed by atoms with van der Waals surface area (Å²) in [5, 5.41) is 16.3. The molecule has 112 valence electrons. The standard InChI is InChI=1S/C11H18N4O5/c12-6-3-10(18)15-5-14-9(17)2-1-7(11(19)20)13-4-8(6)16/h6-7,13H,1-5,12H2,(H,14,17)(H,15,18)(H,19,20). The number of carbonyl (C=O) groups is 4. The average Bonchev–Trinajstić information content (AvgIpc) is 2.37. The number of aliphatic carboxylic acids is 1. The molecule has 1 heterocycles. The Morgan fingerprint density at radius 2 is 1.85 bits per heavy atom. The second-order valence-corrected chi connectivity index (χ2v) is 4.46. The largest absolute Gasteiger partial charge is 0.480 e. The summed E-state index contributed by atoms with van der Waals surface area (Å²) in [7, 11) is 0. The van der Waals surface area contributed by atoms with E-state index < -0.39 is 29.7 Å². The number of rotatable bonds is 1. The molecule has 9 nitrogen and oxygen atoms in total. The summed E-state index contributed by atoms with van der Waals surface area (Å²) in [6.45, 7) is -0.337. The Balaban J connectivity index is 2.71. The number of carboxylic acids is 1. The zero-order valence-corrected chi connectivity index (χ0v) is 10.8. The van der Waals surface area contributed by atoms with Crippen molar-refractivity contribution in [3.8, 4) is 0 Å². The lowest BCUT2D eigenvalue weighted by molar-refractivity contribution is -0.139.